The zero-order valence-corrected chi connectivity index (χ0v) is 21.0. The number of hydrogen-bond donors (Lipinski definition) is 0. The van der Waals surface area contributed by atoms with Crippen LogP contribution in [0.3, 0.4) is 0 Å². The van der Waals surface area contributed by atoms with Crippen LogP contribution < -0.4 is 46.5 Å². The third-order valence-electron chi connectivity index (χ3n) is 8.59. The van der Waals surface area contributed by atoms with Crippen LogP contribution in [0.25, 0.3) is 10.1 Å². The Bertz CT molecular complexity index is 2030. The Morgan fingerprint density at radius 1 is 0.553 bits per heavy atom. The molecular weight excluding hydrogens is 484 g/mol. The summed E-state index contributed by atoms with van der Waals surface area (Å²) in [7, 11) is 0. The lowest BCUT2D eigenvalue weighted by Gasteiger charge is -2.45. The van der Waals surface area contributed by atoms with E-state index in [9.17, 15) is 0 Å². The fourth-order valence-corrected chi connectivity index (χ4v) is 8.43. The lowest BCUT2D eigenvalue weighted by atomic mass is 9.31. The number of fused-ring (bicyclic) bond motifs is 10. The predicted octanol–water partition coefficient (Wildman–Crippen LogP) is 4.24. The van der Waals surface area contributed by atoms with E-state index in [1.165, 1.54) is 59.2 Å². The molecule has 0 amide bonds. The summed E-state index contributed by atoms with van der Waals surface area (Å²) in [5.41, 5.74) is 10.1. The van der Waals surface area contributed by atoms with Crippen LogP contribution in [-0.4, -0.2) is 13.4 Å². The van der Waals surface area contributed by atoms with E-state index >= 15 is 0 Å². The van der Waals surface area contributed by atoms with Gasteiger partial charge < -0.3 is 14.4 Å². The standard InChI is InChI=1S/C32H17B2NO2S/c1-4-17-27-18(8-1)31-32(38-27)34-21-11-5-10-20-30(21)35(23-13-7-16-26(37-31)29(23)34)22-12-6-15-25-28(22)33(20)19-9-2-3-14-24(19)36-25/h1-17H. The van der Waals surface area contributed by atoms with Crippen molar-refractivity contribution < 1.29 is 9.47 Å². The summed E-state index contributed by atoms with van der Waals surface area (Å²) in [5, 5.41) is 1.20. The van der Waals surface area contributed by atoms with Gasteiger partial charge in [0.1, 0.15) is 23.0 Å². The fraction of sp³-hybridized carbons (Fsp3) is 0. The highest BCUT2D eigenvalue weighted by molar-refractivity contribution is 7.33. The van der Waals surface area contributed by atoms with Crippen molar-refractivity contribution in [1.82, 2.24) is 0 Å². The summed E-state index contributed by atoms with van der Waals surface area (Å²) in [6.45, 7) is 0.261. The average Bonchev–Trinajstić information content (AvgIpc) is 3.34. The Labute approximate surface area is 224 Å². The van der Waals surface area contributed by atoms with Crippen molar-refractivity contribution in [2.75, 3.05) is 4.90 Å². The van der Waals surface area contributed by atoms with Gasteiger partial charge >= 0.3 is 0 Å². The van der Waals surface area contributed by atoms with Gasteiger partial charge in [-0.2, -0.15) is 0 Å². The van der Waals surface area contributed by atoms with Gasteiger partial charge in [-0.1, -0.05) is 60.7 Å². The molecule has 0 saturated heterocycles. The smallest absolute Gasteiger partial charge is 0.268 e. The summed E-state index contributed by atoms with van der Waals surface area (Å²) in [6, 6.07) is 37.0. The zero-order valence-electron chi connectivity index (χ0n) is 20.1. The van der Waals surface area contributed by atoms with Crippen LogP contribution in [0, 0.1) is 0 Å². The number of benzene rings is 5. The molecule has 0 unspecified atom stereocenters. The van der Waals surface area contributed by atoms with Crippen molar-refractivity contribution in [3.8, 4) is 23.0 Å². The second-order valence-corrected chi connectivity index (χ2v) is 11.5. The van der Waals surface area contributed by atoms with Gasteiger partial charge in [0.25, 0.3) is 13.4 Å². The molecule has 4 aliphatic heterocycles. The first-order valence-electron chi connectivity index (χ1n) is 13.0. The van der Waals surface area contributed by atoms with E-state index in [-0.39, 0.29) is 13.4 Å². The van der Waals surface area contributed by atoms with Gasteiger partial charge in [0, 0.05) is 31.9 Å². The molecule has 174 valence electrons. The molecule has 5 heterocycles. The summed E-state index contributed by atoms with van der Waals surface area (Å²) >= 11 is 1.87. The average molecular weight is 501 g/mol. The second-order valence-electron chi connectivity index (χ2n) is 10.4. The number of para-hydroxylation sites is 2. The van der Waals surface area contributed by atoms with Gasteiger partial charge in [-0.3, -0.25) is 0 Å². The Morgan fingerprint density at radius 3 is 2.05 bits per heavy atom. The van der Waals surface area contributed by atoms with Gasteiger partial charge in [0.15, 0.2) is 0 Å². The maximum atomic E-state index is 6.70. The van der Waals surface area contributed by atoms with Crippen LogP contribution in [0.5, 0.6) is 23.0 Å². The molecule has 3 nitrogen and oxygen atoms in total. The molecule has 0 N–H and O–H groups in total. The quantitative estimate of drug-likeness (QED) is 0.291. The maximum absolute atomic E-state index is 6.70. The minimum Gasteiger partial charge on any atom is -0.458 e. The number of ether oxygens (including phenoxy) is 2. The molecule has 6 heteroatoms. The highest BCUT2D eigenvalue weighted by Gasteiger charge is 2.49. The van der Waals surface area contributed by atoms with Crippen molar-refractivity contribution in [2.45, 2.75) is 0 Å². The first-order valence-corrected chi connectivity index (χ1v) is 13.8. The monoisotopic (exact) mass is 501 g/mol. The van der Waals surface area contributed by atoms with E-state index in [4.69, 9.17) is 9.47 Å². The molecule has 0 saturated carbocycles. The van der Waals surface area contributed by atoms with Crippen LogP contribution in [0.2, 0.25) is 0 Å². The molecule has 5 aromatic carbocycles. The first kappa shape index (κ1) is 19.7. The largest absolute Gasteiger partial charge is 0.458 e. The van der Waals surface area contributed by atoms with E-state index in [0.717, 1.165) is 23.0 Å². The molecule has 0 atom stereocenters. The molecule has 6 aromatic rings. The number of nitrogens with zero attached hydrogens (tertiary/aromatic N) is 1. The topological polar surface area (TPSA) is 21.7 Å². The van der Waals surface area contributed by atoms with Crippen LogP contribution in [0.1, 0.15) is 0 Å². The van der Waals surface area contributed by atoms with Crippen LogP contribution in [-0.2, 0) is 0 Å². The Hall–Kier alpha value is -4.41. The van der Waals surface area contributed by atoms with Crippen molar-refractivity contribution in [3.05, 3.63) is 103 Å². The third kappa shape index (κ3) is 2.21. The molecule has 0 aliphatic carbocycles. The van der Waals surface area contributed by atoms with Gasteiger partial charge in [-0.25, -0.2) is 0 Å². The zero-order chi connectivity index (χ0) is 24.5. The highest BCUT2D eigenvalue weighted by Crippen LogP contribution is 2.45. The van der Waals surface area contributed by atoms with E-state index in [0.29, 0.717) is 0 Å². The Kier molecular flexibility index (Phi) is 3.48. The summed E-state index contributed by atoms with van der Waals surface area (Å²) < 4.78 is 15.7. The number of rotatable bonds is 0. The fourth-order valence-electron chi connectivity index (χ4n) is 7.17. The van der Waals surface area contributed by atoms with Crippen LogP contribution in [0.4, 0.5) is 17.1 Å². The minimum atomic E-state index is 0.129. The minimum absolute atomic E-state index is 0.129. The van der Waals surface area contributed by atoms with Crippen LogP contribution >= 0.6 is 11.3 Å². The van der Waals surface area contributed by atoms with E-state index in [1.54, 1.807) is 0 Å². The van der Waals surface area contributed by atoms with Crippen molar-refractivity contribution in [3.63, 3.8) is 0 Å². The molecule has 0 fully saturated rings. The normalized spacial score (nSPS) is 14.6. The lowest BCUT2D eigenvalue weighted by molar-refractivity contribution is 0.487. The van der Waals surface area contributed by atoms with Crippen molar-refractivity contribution >= 4 is 84.0 Å². The lowest BCUT2D eigenvalue weighted by Crippen LogP contribution is -2.66. The molecule has 38 heavy (non-hydrogen) atoms. The molecule has 0 bridgehead atoms. The van der Waals surface area contributed by atoms with E-state index in [2.05, 4.69) is 108 Å². The predicted molar refractivity (Wildman–Crippen MR) is 159 cm³/mol. The number of anilines is 3. The molecule has 0 radical (unpaired) electrons. The molecule has 4 aliphatic rings. The SMILES string of the molecule is c1ccc2c(c1)Oc1cccc3c1B2c1cccc2c1N3c1cccc3c1B2c1sc2ccccc2c1O3. The van der Waals surface area contributed by atoms with E-state index < -0.39 is 0 Å². The van der Waals surface area contributed by atoms with Gasteiger partial charge in [-0.15, -0.1) is 11.3 Å². The molecular formula is C32H17B2NO2S. The summed E-state index contributed by atoms with van der Waals surface area (Å²) in [5.74, 6) is 3.86. The Balaban J connectivity index is 1.34. The molecule has 0 spiro atoms. The molecule has 10 rings (SSSR count). The second kappa shape index (κ2) is 6.72. The highest BCUT2D eigenvalue weighted by atomic mass is 32.1. The van der Waals surface area contributed by atoms with Gasteiger partial charge in [0.2, 0.25) is 0 Å². The third-order valence-corrected chi connectivity index (χ3v) is 9.81. The number of thiophene rings is 1. The van der Waals surface area contributed by atoms with E-state index in [1.807, 2.05) is 11.3 Å². The number of hydrogen-bond acceptors (Lipinski definition) is 4. The molecule has 1 aromatic heterocycles. The first-order chi connectivity index (χ1) is 18.9. The summed E-state index contributed by atoms with van der Waals surface area (Å²) in [4.78, 5) is 2.47. The maximum Gasteiger partial charge on any atom is 0.268 e. The van der Waals surface area contributed by atoms with Gasteiger partial charge in [0.05, 0.1) is 0 Å². The Morgan fingerprint density at radius 2 is 1.18 bits per heavy atom. The van der Waals surface area contributed by atoms with Crippen LogP contribution in [0.15, 0.2) is 103 Å². The van der Waals surface area contributed by atoms with Crippen molar-refractivity contribution in [2.24, 2.45) is 0 Å². The summed E-state index contributed by atoms with van der Waals surface area (Å²) in [6.07, 6.45) is 0. The van der Waals surface area contributed by atoms with Gasteiger partial charge in [-0.05, 0) is 69.8 Å². The van der Waals surface area contributed by atoms with Crippen molar-refractivity contribution in [1.29, 1.82) is 0 Å².